The lowest BCUT2D eigenvalue weighted by atomic mass is 9.52. The van der Waals surface area contributed by atoms with Gasteiger partial charge in [-0.2, -0.15) is 15.8 Å². The summed E-state index contributed by atoms with van der Waals surface area (Å²) in [6, 6.07) is 18.0. The highest BCUT2D eigenvalue weighted by Gasteiger charge is 2.79. The SMILES string of the molecule is COc1ccc(C2C3(C)OC(=N)C2(C#N)C(C#N)(C#N)C(c2cccc(F)c2)O3)cc1. The topological polar surface area (TPSA) is 123 Å². The van der Waals surface area contributed by atoms with Gasteiger partial charge in [-0.1, -0.05) is 24.3 Å². The fraction of sp³-hybridized carbons (Fsp3) is 0.304. The van der Waals surface area contributed by atoms with Crippen LogP contribution in [0.1, 0.15) is 30.1 Å². The van der Waals surface area contributed by atoms with Crippen LogP contribution in [-0.4, -0.2) is 18.8 Å². The molecule has 0 radical (unpaired) electrons. The predicted molar refractivity (Wildman–Crippen MR) is 105 cm³/mol. The van der Waals surface area contributed by atoms with E-state index in [1.807, 2.05) is 12.1 Å². The van der Waals surface area contributed by atoms with Gasteiger partial charge in [0.2, 0.25) is 17.1 Å². The number of nitrogens with zero attached hydrogens (tertiary/aromatic N) is 3. The van der Waals surface area contributed by atoms with E-state index in [9.17, 15) is 20.2 Å². The molecule has 4 unspecified atom stereocenters. The molecular formula is C23H17FN4O3. The van der Waals surface area contributed by atoms with Crippen LogP contribution >= 0.6 is 0 Å². The summed E-state index contributed by atoms with van der Waals surface area (Å²) < 4.78 is 31.1. The first kappa shape index (κ1) is 20.3. The number of ether oxygens (including phenoxy) is 3. The van der Waals surface area contributed by atoms with Crippen molar-refractivity contribution in [2.75, 3.05) is 7.11 Å². The highest BCUT2D eigenvalue weighted by Crippen LogP contribution is 2.69. The standard InChI is InChI=1S/C23H17FN4O3/c1-21-18(14-6-8-17(29-2)9-7-14)23(13-27,20(28)31-21)22(11-25,12-26)19(30-21)15-4-3-5-16(24)10-15/h3-10,18-19,28H,1-2H3. The van der Waals surface area contributed by atoms with E-state index < -0.39 is 40.4 Å². The largest absolute Gasteiger partial charge is 0.497 e. The van der Waals surface area contributed by atoms with Gasteiger partial charge in [-0.3, -0.25) is 5.41 Å². The van der Waals surface area contributed by atoms with Crippen molar-refractivity contribution in [3.63, 3.8) is 0 Å². The average Bonchev–Trinajstić information content (AvgIpc) is 2.96. The number of hydrogen-bond donors (Lipinski definition) is 1. The van der Waals surface area contributed by atoms with Crippen molar-refractivity contribution in [3.05, 3.63) is 65.5 Å². The zero-order valence-corrected chi connectivity index (χ0v) is 16.7. The van der Waals surface area contributed by atoms with Gasteiger partial charge in [0.05, 0.1) is 31.2 Å². The molecule has 2 fully saturated rings. The molecule has 0 amide bonds. The molecule has 2 aliphatic rings. The molecule has 2 heterocycles. The molecule has 4 rings (SSSR count). The van der Waals surface area contributed by atoms with E-state index in [1.54, 1.807) is 31.2 Å². The number of fused-ring (bicyclic) bond motifs is 2. The monoisotopic (exact) mass is 416 g/mol. The Balaban J connectivity index is 2.01. The molecule has 0 spiro atoms. The second-order valence-corrected chi connectivity index (χ2v) is 7.66. The molecule has 0 aromatic heterocycles. The third-order valence-electron chi connectivity index (χ3n) is 6.12. The van der Waals surface area contributed by atoms with E-state index in [0.717, 1.165) is 6.07 Å². The Hall–Kier alpha value is -3.93. The third kappa shape index (κ3) is 2.48. The van der Waals surface area contributed by atoms with E-state index in [2.05, 4.69) is 6.07 Å². The van der Waals surface area contributed by atoms with Crippen molar-refractivity contribution in [2.45, 2.75) is 24.7 Å². The minimum Gasteiger partial charge on any atom is -0.497 e. The maximum atomic E-state index is 14.0. The van der Waals surface area contributed by atoms with Gasteiger partial charge in [0.15, 0.2) is 5.41 Å². The lowest BCUT2D eigenvalue weighted by Crippen LogP contribution is -2.57. The summed E-state index contributed by atoms with van der Waals surface area (Å²) in [5.74, 6) is -3.05. The van der Waals surface area contributed by atoms with Crippen LogP contribution < -0.4 is 4.74 Å². The van der Waals surface area contributed by atoms with Gasteiger partial charge < -0.3 is 14.2 Å². The first-order valence-electron chi connectivity index (χ1n) is 9.41. The van der Waals surface area contributed by atoms with Crippen LogP contribution in [0.3, 0.4) is 0 Å². The number of methoxy groups -OCH3 is 1. The van der Waals surface area contributed by atoms with E-state index in [0.29, 0.717) is 11.3 Å². The smallest absolute Gasteiger partial charge is 0.218 e. The van der Waals surface area contributed by atoms with Crippen molar-refractivity contribution >= 4 is 5.90 Å². The molecule has 7 nitrogen and oxygen atoms in total. The molecule has 0 aliphatic carbocycles. The van der Waals surface area contributed by atoms with Crippen molar-refractivity contribution in [2.24, 2.45) is 10.8 Å². The molecule has 2 aromatic carbocycles. The summed E-state index contributed by atoms with van der Waals surface area (Å²) in [6.45, 7) is 1.56. The van der Waals surface area contributed by atoms with Gasteiger partial charge in [0.25, 0.3) is 0 Å². The van der Waals surface area contributed by atoms with Crippen LogP contribution in [0.2, 0.25) is 0 Å². The number of benzene rings is 2. The Labute approximate surface area is 178 Å². The number of rotatable bonds is 3. The van der Waals surface area contributed by atoms with Crippen molar-refractivity contribution < 1.29 is 18.6 Å². The zero-order chi connectivity index (χ0) is 22.4. The molecule has 2 aliphatic heterocycles. The van der Waals surface area contributed by atoms with E-state index >= 15 is 0 Å². The predicted octanol–water partition coefficient (Wildman–Crippen LogP) is 3.96. The van der Waals surface area contributed by atoms with Crippen molar-refractivity contribution in [1.82, 2.24) is 0 Å². The van der Waals surface area contributed by atoms with Crippen LogP contribution in [0.4, 0.5) is 4.39 Å². The lowest BCUT2D eigenvalue weighted by Gasteiger charge is -2.48. The Bertz CT molecular complexity index is 1180. The van der Waals surface area contributed by atoms with E-state index in [4.69, 9.17) is 19.6 Å². The molecule has 31 heavy (non-hydrogen) atoms. The van der Waals surface area contributed by atoms with Crippen LogP contribution in [0, 0.1) is 56.0 Å². The van der Waals surface area contributed by atoms with E-state index in [1.165, 1.54) is 25.3 Å². The number of halogens is 1. The van der Waals surface area contributed by atoms with E-state index in [-0.39, 0.29) is 5.56 Å². The molecule has 8 heteroatoms. The van der Waals surface area contributed by atoms with Crippen LogP contribution in [0.25, 0.3) is 0 Å². The van der Waals surface area contributed by atoms with Gasteiger partial charge in [-0.15, -0.1) is 0 Å². The fourth-order valence-electron chi connectivity index (χ4n) is 4.75. The number of hydrogen-bond acceptors (Lipinski definition) is 7. The summed E-state index contributed by atoms with van der Waals surface area (Å²) in [6.07, 6.45) is -1.32. The third-order valence-corrected chi connectivity index (χ3v) is 6.12. The molecule has 2 saturated heterocycles. The normalized spacial score (nSPS) is 30.4. The maximum Gasteiger partial charge on any atom is 0.218 e. The Kier molecular flexibility index (Phi) is 4.47. The first-order valence-corrected chi connectivity index (χ1v) is 9.41. The van der Waals surface area contributed by atoms with Gasteiger partial charge in [-0.25, -0.2) is 4.39 Å². The first-order chi connectivity index (χ1) is 14.8. The number of nitriles is 3. The fourth-order valence-corrected chi connectivity index (χ4v) is 4.75. The molecule has 2 aromatic rings. The highest BCUT2D eigenvalue weighted by molar-refractivity contribution is 5.90. The minimum atomic E-state index is -2.17. The Morgan fingerprint density at radius 3 is 2.26 bits per heavy atom. The highest BCUT2D eigenvalue weighted by atomic mass is 19.1. The number of nitrogens with one attached hydrogen (secondary N) is 1. The summed E-state index contributed by atoms with van der Waals surface area (Å²) in [7, 11) is 1.51. The van der Waals surface area contributed by atoms with Gasteiger partial charge >= 0.3 is 0 Å². The van der Waals surface area contributed by atoms with Crippen molar-refractivity contribution in [3.8, 4) is 24.0 Å². The summed E-state index contributed by atoms with van der Waals surface area (Å²) in [5, 5.41) is 39.4. The Morgan fingerprint density at radius 1 is 1.03 bits per heavy atom. The Morgan fingerprint density at radius 2 is 1.71 bits per heavy atom. The van der Waals surface area contributed by atoms with Crippen LogP contribution in [0.15, 0.2) is 48.5 Å². The van der Waals surface area contributed by atoms with Gasteiger partial charge in [-0.05, 0) is 35.4 Å². The molecule has 4 atom stereocenters. The second-order valence-electron chi connectivity index (χ2n) is 7.66. The quantitative estimate of drug-likeness (QED) is 0.808. The van der Waals surface area contributed by atoms with Gasteiger partial charge in [0, 0.05) is 6.92 Å². The zero-order valence-electron chi connectivity index (χ0n) is 16.7. The van der Waals surface area contributed by atoms with Crippen LogP contribution in [-0.2, 0) is 9.47 Å². The lowest BCUT2D eigenvalue weighted by molar-refractivity contribution is -0.253. The molecule has 1 N–H and O–H groups in total. The molecule has 2 bridgehead atoms. The summed E-state index contributed by atoms with van der Waals surface area (Å²) >= 11 is 0. The molecule has 154 valence electrons. The minimum absolute atomic E-state index is 0.209. The van der Waals surface area contributed by atoms with Gasteiger partial charge in [0.1, 0.15) is 17.7 Å². The summed E-state index contributed by atoms with van der Waals surface area (Å²) in [5.41, 5.74) is -3.41. The molecular weight excluding hydrogens is 399 g/mol. The molecule has 0 saturated carbocycles. The van der Waals surface area contributed by atoms with Crippen molar-refractivity contribution in [1.29, 1.82) is 21.2 Å². The average molecular weight is 416 g/mol. The van der Waals surface area contributed by atoms with Crippen LogP contribution in [0.5, 0.6) is 5.75 Å². The summed E-state index contributed by atoms with van der Waals surface area (Å²) in [4.78, 5) is 0. The maximum absolute atomic E-state index is 14.0. The second kappa shape index (κ2) is 6.80.